The third-order valence-electron chi connectivity index (χ3n) is 4.34. The van der Waals surface area contributed by atoms with E-state index in [4.69, 9.17) is 9.47 Å². The number of anilines is 2. The van der Waals surface area contributed by atoms with Crippen LogP contribution in [0.25, 0.3) is 22.2 Å². The van der Waals surface area contributed by atoms with E-state index in [2.05, 4.69) is 20.3 Å². The van der Waals surface area contributed by atoms with Gasteiger partial charge in [0, 0.05) is 11.9 Å². The minimum absolute atomic E-state index is 0.277. The Bertz CT molecular complexity index is 1190. The minimum Gasteiger partial charge on any atom is -0.493 e. The number of benzene rings is 2. The summed E-state index contributed by atoms with van der Waals surface area (Å²) >= 11 is 0. The number of hydrogen-bond acceptors (Lipinski definition) is 6. The Morgan fingerprint density at radius 1 is 0.964 bits per heavy atom. The van der Waals surface area contributed by atoms with Crippen LogP contribution in [0.15, 0.2) is 65.6 Å². The van der Waals surface area contributed by atoms with E-state index in [1.54, 1.807) is 32.5 Å². The van der Waals surface area contributed by atoms with Gasteiger partial charge in [-0.15, -0.1) is 0 Å². The number of nitrogens with one attached hydrogen (secondary N) is 2. The van der Waals surface area contributed by atoms with Crippen molar-refractivity contribution in [1.82, 2.24) is 15.0 Å². The van der Waals surface area contributed by atoms with E-state index in [9.17, 15) is 4.79 Å². The second-order valence-electron chi connectivity index (χ2n) is 6.03. The van der Waals surface area contributed by atoms with Crippen LogP contribution in [0.3, 0.4) is 0 Å². The van der Waals surface area contributed by atoms with Crippen LogP contribution in [0.4, 0.5) is 11.6 Å². The van der Waals surface area contributed by atoms with Crippen molar-refractivity contribution >= 4 is 22.7 Å². The van der Waals surface area contributed by atoms with Gasteiger partial charge < -0.3 is 14.8 Å². The summed E-state index contributed by atoms with van der Waals surface area (Å²) in [5, 5.41) is 3.50. The Hall–Kier alpha value is -3.87. The molecule has 4 rings (SSSR count). The van der Waals surface area contributed by atoms with Crippen molar-refractivity contribution in [3.63, 3.8) is 0 Å². The number of nitrogens with zero attached hydrogens (tertiary/aromatic N) is 2. The van der Waals surface area contributed by atoms with Gasteiger partial charge in [0.25, 0.3) is 5.56 Å². The van der Waals surface area contributed by atoms with Crippen LogP contribution in [-0.4, -0.2) is 29.2 Å². The van der Waals surface area contributed by atoms with Crippen molar-refractivity contribution in [1.29, 1.82) is 0 Å². The van der Waals surface area contributed by atoms with E-state index >= 15 is 0 Å². The third-order valence-corrected chi connectivity index (χ3v) is 4.34. The number of H-pyrrole nitrogens is 1. The van der Waals surface area contributed by atoms with Crippen LogP contribution in [0.2, 0.25) is 0 Å². The van der Waals surface area contributed by atoms with Crippen LogP contribution >= 0.6 is 0 Å². The number of para-hydroxylation sites is 1. The molecule has 7 heteroatoms. The molecule has 0 unspecified atom stereocenters. The maximum Gasteiger partial charge on any atom is 0.262 e. The highest BCUT2D eigenvalue weighted by molar-refractivity contribution is 5.92. The highest BCUT2D eigenvalue weighted by atomic mass is 16.5. The molecule has 7 nitrogen and oxygen atoms in total. The van der Waals surface area contributed by atoms with Gasteiger partial charge in [-0.25, -0.2) is 4.98 Å². The lowest BCUT2D eigenvalue weighted by Gasteiger charge is -2.11. The number of methoxy groups -OCH3 is 2. The molecule has 2 aromatic carbocycles. The van der Waals surface area contributed by atoms with Crippen molar-refractivity contribution in [3.8, 4) is 22.6 Å². The molecule has 2 aromatic heterocycles. The summed E-state index contributed by atoms with van der Waals surface area (Å²) < 4.78 is 10.7. The molecule has 0 bridgehead atoms. The number of hydrogen-bond donors (Lipinski definition) is 2. The van der Waals surface area contributed by atoms with E-state index in [1.807, 2.05) is 42.5 Å². The molecular weight excluding hydrogens is 356 g/mol. The van der Waals surface area contributed by atoms with Gasteiger partial charge in [0.1, 0.15) is 0 Å². The summed E-state index contributed by atoms with van der Waals surface area (Å²) in [6.45, 7) is 0. The summed E-state index contributed by atoms with van der Waals surface area (Å²) in [6, 6.07) is 16.8. The molecule has 2 heterocycles. The Kier molecular flexibility index (Phi) is 4.63. The fourth-order valence-corrected chi connectivity index (χ4v) is 3.02. The molecule has 4 aromatic rings. The maximum atomic E-state index is 12.8. The van der Waals surface area contributed by atoms with Crippen molar-refractivity contribution in [2.24, 2.45) is 0 Å². The fraction of sp³-hybridized carbons (Fsp3) is 0.0952. The second kappa shape index (κ2) is 7.40. The van der Waals surface area contributed by atoms with E-state index < -0.39 is 0 Å². The van der Waals surface area contributed by atoms with Crippen molar-refractivity contribution in [2.75, 3.05) is 19.5 Å². The monoisotopic (exact) mass is 374 g/mol. The predicted octanol–water partition coefficient (Wildman–Crippen LogP) is 3.75. The van der Waals surface area contributed by atoms with Gasteiger partial charge in [-0.2, -0.15) is 4.98 Å². The number of aromatic nitrogens is 3. The molecule has 0 aliphatic heterocycles. The predicted molar refractivity (Wildman–Crippen MR) is 108 cm³/mol. The summed E-state index contributed by atoms with van der Waals surface area (Å²) in [7, 11) is 3.15. The maximum absolute atomic E-state index is 12.8. The lowest BCUT2D eigenvalue weighted by Crippen LogP contribution is -2.13. The highest BCUT2D eigenvalue weighted by Gasteiger charge is 2.13. The fourth-order valence-electron chi connectivity index (χ4n) is 3.02. The van der Waals surface area contributed by atoms with Crippen molar-refractivity contribution in [3.05, 3.63) is 71.1 Å². The lowest BCUT2D eigenvalue weighted by atomic mass is 10.0. The van der Waals surface area contributed by atoms with Gasteiger partial charge in [-0.3, -0.25) is 9.78 Å². The normalized spacial score (nSPS) is 10.6. The average molecular weight is 374 g/mol. The van der Waals surface area contributed by atoms with Crippen LogP contribution in [0, 0.1) is 0 Å². The molecule has 28 heavy (non-hydrogen) atoms. The first-order valence-corrected chi connectivity index (χ1v) is 8.63. The quantitative estimate of drug-likeness (QED) is 0.553. The summed E-state index contributed by atoms with van der Waals surface area (Å²) in [5.41, 5.74) is 2.42. The van der Waals surface area contributed by atoms with Crippen LogP contribution in [-0.2, 0) is 0 Å². The van der Waals surface area contributed by atoms with Gasteiger partial charge in [-0.1, -0.05) is 24.3 Å². The molecule has 0 spiro atoms. The Balaban J connectivity index is 1.82. The molecule has 0 aliphatic carbocycles. The van der Waals surface area contributed by atoms with Gasteiger partial charge in [-0.05, 0) is 41.5 Å². The zero-order valence-corrected chi connectivity index (χ0v) is 15.4. The van der Waals surface area contributed by atoms with E-state index in [1.165, 1.54) is 0 Å². The largest absolute Gasteiger partial charge is 0.493 e. The molecular formula is C21H18N4O3. The van der Waals surface area contributed by atoms with E-state index in [-0.39, 0.29) is 5.56 Å². The summed E-state index contributed by atoms with van der Waals surface area (Å²) in [4.78, 5) is 24.4. The first-order chi connectivity index (χ1) is 13.7. The van der Waals surface area contributed by atoms with E-state index in [0.717, 1.165) is 11.3 Å². The van der Waals surface area contributed by atoms with Crippen LogP contribution in [0.1, 0.15) is 0 Å². The molecule has 140 valence electrons. The molecule has 0 saturated carbocycles. The zero-order valence-electron chi connectivity index (χ0n) is 15.4. The molecule has 2 N–H and O–H groups in total. The topological polar surface area (TPSA) is 89.1 Å². The number of fused-ring (bicyclic) bond motifs is 1. The van der Waals surface area contributed by atoms with E-state index in [0.29, 0.717) is 34.0 Å². The minimum atomic E-state index is -0.277. The van der Waals surface area contributed by atoms with Gasteiger partial charge in [0.15, 0.2) is 17.1 Å². The number of pyridine rings is 1. The van der Waals surface area contributed by atoms with Crippen molar-refractivity contribution < 1.29 is 9.47 Å². The Morgan fingerprint density at radius 3 is 2.50 bits per heavy atom. The molecule has 0 saturated heterocycles. The number of rotatable bonds is 5. The van der Waals surface area contributed by atoms with Crippen LogP contribution < -0.4 is 20.3 Å². The first kappa shape index (κ1) is 17.5. The first-order valence-electron chi connectivity index (χ1n) is 8.63. The summed E-state index contributed by atoms with van der Waals surface area (Å²) in [6.07, 6.45) is 1.63. The second-order valence-corrected chi connectivity index (χ2v) is 6.03. The zero-order chi connectivity index (χ0) is 19.5. The summed E-state index contributed by atoms with van der Waals surface area (Å²) in [5.74, 6) is 1.53. The van der Waals surface area contributed by atoms with Crippen LogP contribution in [0.5, 0.6) is 11.5 Å². The standard InChI is InChI=1S/C21H18N4O3/c1-27-16-9-8-13(12-17(16)28-2)15-10-11-22-19-18(15)20(26)25-21(24-19)23-14-6-4-3-5-7-14/h3-12H,1-2H3,(H2,22,23,24,25,26). The lowest BCUT2D eigenvalue weighted by molar-refractivity contribution is 0.355. The van der Waals surface area contributed by atoms with Gasteiger partial charge >= 0.3 is 0 Å². The smallest absolute Gasteiger partial charge is 0.262 e. The molecule has 0 aliphatic rings. The Labute approximate surface area is 161 Å². The molecule has 0 atom stereocenters. The van der Waals surface area contributed by atoms with Gasteiger partial charge in [0.2, 0.25) is 5.95 Å². The van der Waals surface area contributed by atoms with Gasteiger partial charge in [0.05, 0.1) is 19.6 Å². The third kappa shape index (κ3) is 3.25. The average Bonchev–Trinajstić information content (AvgIpc) is 2.73. The number of aromatic amines is 1. The van der Waals surface area contributed by atoms with Crippen molar-refractivity contribution in [2.45, 2.75) is 0 Å². The molecule has 0 amide bonds. The molecule has 0 radical (unpaired) electrons. The highest BCUT2D eigenvalue weighted by Crippen LogP contribution is 2.33. The number of ether oxygens (including phenoxy) is 2. The molecule has 0 fully saturated rings. The Morgan fingerprint density at radius 2 is 1.75 bits per heavy atom. The SMILES string of the molecule is COc1ccc(-c2ccnc3nc(Nc4ccccc4)[nH]c(=O)c23)cc1OC.